The summed E-state index contributed by atoms with van der Waals surface area (Å²) in [6.45, 7) is 9.92. The van der Waals surface area contributed by atoms with Gasteiger partial charge < -0.3 is 14.4 Å². The molecule has 0 aliphatic heterocycles. The summed E-state index contributed by atoms with van der Waals surface area (Å²) in [5.74, 6) is 1.97. The highest BCUT2D eigenvalue weighted by Gasteiger charge is 2.19. The van der Waals surface area contributed by atoms with Gasteiger partial charge in [-0.2, -0.15) is 0 Å². The first-order chi connectivity index (χ1) is 14.9. The van der Waals surface area contributed by atoms with Gasteiger partial charge in [-0.1, -0.05) is 26.0 Å². The average molecular weight is 439 g/mol. The largest absolute Gasteiger partial charge is 0.497 e. The Morgan fingerprint density at radius 1 is 1.13 bits per heavy atom. The maximum atomic E-state index is 13.1. The Labute approximate surface area is 188 Å². The van der Waals surface area contributed by atoms with Gasteiger partial charge in [0.15, 0.2) is 0 Å². The fourth-order valence-corrected chi connectivity index (χ4v) is 3.98. The number of hydrogen-bond acceptors (Lipinski definition) is 5. The molecular formula is C25H30N2O3S. The van der Waals surface area contributed by atoms with Crippen molar-refractivity contribution < 1.29 is 14.3 Å². The first kappa shape index (κ1) is 22.8. The predicted molar refractivity (Wildman–Crippen MR) is 125 cm³/mol. The lowest BCUT2D eigenvalue weighted by Crippen LogP contribution is -2.33. The molecule has 0 atom stereocenters. The van der Waals surface area contributed by atoms with Crippen molar-refractivity contribution in [1.29, 1.82) is 0 Å². The summed E-state index contributed by atoms with van der Waals surface area (Å²) >= 11 is 1.56. The lowest BCUT2D eigenvalue weighted by Gasteiger charge is -2.24. The maximum absolute atomic E-state index is 13.1. The molecule has 3 aromatic rings. The van der Waals surface area contributed by atoms with E-state index in [1.165, 1.54) is 5.56 Å². The number of ether oxygens (including phenoxy) is 2. The Bertz CT molecular complexity index is 1010. The Balaban J connectivity index is 1.68. The van der Waals surface area contributed by atoms with Crippen LogP contribution >= 0.6 is 11.3 Å². The standard InChI is InChI=1S/C25H30N2O3S/c1-17(2)13-27(25(28)20-9-11-22(29-5)12-10-20)14-21-16-31-24(26-21)15-30-23-8-6-7-18(3)19(23)4/h6-12,16-17H,13-15H2,1-5H3. The molecule has 0 aliphatic rings. The quantitative estimate of drug-likeness (QED) is 0.433. The zero-order chi connectivity index (χ0) is 22.4. The monoisotopic (exact) mass is 438 g/mol. The molecule has 0 unspecified atom stereocenters. The van der Waals surface area contributed by atoms with Crippen molar-refractivity contribution in [1.82, 2.24) is 9.88 Å². The van der Waals surface area contributed by atoms with Gasteiger partial charge >= 0.3 is 0 Å². The van der Waals surface area contributed by atoms with Crippen molar-refractivity contribution in [3.05, 3.63) is 75.2 Å². The molecule has 2 aromatic carbocycles. The molecule has 0 aliphatic carbocycles. The molecule has 1 heterocycles. The topological polar surface area (TPSA) is 51.7 Å². The second kappa shape index (κ2) is 10.4. The molecule has 0 spiro atoms. The van der Waals surface area contributed by atoms with E-state index in [4.69, 9.17) is 14.5 Å². The van der Waals surface area contributed by atoms with Crippen LogP contribution in [0.5, 0.6) is 11.5 Å². The molecule has 6 heteroatoms. The van der Waals surface area contributed by atoms with Crippen LogP contribution in [0.25, 0.3) is 0 Å². The van der Waals surface area contributed by atoms with Gasteiger partial charge in [0.25, 0.3) is 5.91 Å². The van der Waals surface area contributed by atoms with E-state index in [1.807, 2.05) is 34.5 Å². The van der Waals surface area contributed by atoms with E-state index in [9.17, 15) is 4.79 Å². The molecule has 0 saturated heterocycles. The Hall–Kier alpha value is -2.86. The summed E-state index contributed by atoms with van der Waals surface area (Å²) < 4.78 is 11.2. The van der Waals surface area contributed by atoms with Crippen LogP contribution in [-0.2, 0) is 13.2 Å². The molecule has 0 radical (unpaired) electrons. The van der Waals surface area contributed by atoms with Crippen molar-refractivity contribution in [2.24, 2.45) is 5.92 Å². The van der Waals surface area contributed by atoms with Crippen molar-refractivity contribution in [2.45, 2.75) is 40.8 Å². The molecule has 31 heavy (non-hydrogen) atoms. The molecule has 0 N–H and O–H groups in total. The van der Waals surface area contributed by atoms with Crippen molar-refractivity contribution >= 4 is 17.2 Å². The molecule has 3 rings (SSSR count). The van der Waals surface area contributed by atoms with Gasteiger partial charge in [-0.05, 0) is 61.2 Å². The van der Waals surface area contributed by atoms with Crippen LogP contribution in [0.4, 0.5) is 0 Å². The number of aromatic nitrogens is 1. The molecule has 5 nitrogen and oxygen atoms in total. The van der Waals surface area contributed by atoms with Gasteiger partial charge in [-0.3, -0.25) is 4.79 Å². The number of aryl methyl sites for hydroxylation is 1. The minimum absolute atomic E-state index is 0.00228. The molecule has 0 saturated carbocycles. The number of carbonyl (C=O) groups excluding carboxylic acids is 1. The first-order valence-electron chi connectivity index (χ1n) is 10.4. The maximum Gasteiger partial charge on any atom is 0.254 e. The summed E-state index contributed by atoms with van der Waals surface area (Å²) in [5.41, 5.74) is 3.88. The van der Waals surface area contributed by atoms with Crippen LogP contribution in [0.3, 0.4) is 0 Å². The predicted octanol–water partition coefficient (Wildman–Crippen LogP) is 5.65. The van der Waals surface area contributed by atoms with E-state index in [0.29, 0.717) is 31.2 Å². The lowest BCUT2D eigenvalue weighted by molar-refractivity contribution is 0.0720. The lowest BCUT2D eigenvalue weighted by atomic mass is 10.1. The van der Waals surface area contributed by atoms with Crippen LogP contribution < -0.4 is 9.47 Å². The summed E-state index contributed by atoms with van der Waals surface area (Å²) in [5, 5.41) is 2.91. The van der Waals surface area contributed by atoms with E-state index >= 15 is 0 Å². The molecule has 0 bridgehead atoms. The summed E-state index contributed by atoms with van der Waals surface area (Å²) in [6, 6.07) is 13.3. The van der Waals surface area contributed by atoms with Crippen molar-refractivity contribution in [3.63, 3.8) is 0 Å². The fourth-order valence-electron chi connectivity index (χ4n) is 3.28. The van der Waals surface area contributed by atoms with Crippen LogP contribution in [0.15, 0.2) is 47.8 Å². The van der Waals surface area contributed by atoms with Crippen molar-refractivity contribution in [3.8, 4) is 11.5 Å². The highest BCUT2D eigenvalue weighted by Crippen LogP contribution is 2.23. The third-order valence-electron chi connectivity index (χ3n) is 5.07. The van der Waals surface area contributed by atoms with Gasteiger partial charge in [0.2, 0.25) is 0 Å². The average Bonchev–Trinajstić information content (AvgIpc) is 3.21. The van der Waals surface area contributed by atoms with E-state index in [-0.39, 0.29) is 5.91 Å². The van der Waals surface area contributed by atoms with Crippen molar-refractivity contribution in [2.75, 3.05) is 13.7 Å². The van der Waals surface area contributed by atoms with E-state index < -0.39 is 0 Å². The van der Waals surface area contributed by atoms with Gasteiger partial charge in [0, 0.05) is 17.5 Å². The Morgan fingerprint density at radius 2 is 1.87 bits per heavy atom. The second-order valence-corrected chi connectivity index (χ2v) is 8.97. The second-order valence-electron chi connectivity index (χ2n) is 8.03. The summed E-state index contributed by atoms with van der Waals surface area (Å²) in [4.78, 5) is 19.7. The third-order valence-corrected chi connectivity index (χ3v) is 5.94. The zero-order valence-electron chi connectivity index (χ0n) is 18.8. The summed E-state index contributed by atoms with van der Waals surface area (Å²) in [6.07, 6.45) is 0. The molecular weight excluding hydrogens is 408 g/mol. The highest BCUT2D eigenvalue weighted by atomic mass is 32.1. The van der Waals surface area contributed by atoms with E-state index in [1.54, 1.807) is 30.6 Å². The van der Waals surface area contributed by atoms with Crippen LogP contribution in [0, 0.1) is 19.8 Å². The number of carbonyl (C=O) groups is 1. The highest BCUT2D eigenvalue weighted by molar-refractivity contribution is 7.09. The minimum Gasteiger partial charge on any atom is -0.497 e. The molecule has 1 aromatic heterocycles. The number of nitrogens with zero attached hydrogens (tertiary/aromatic N) is 2. The van der Waals surface area contributed by atoms with Crippen LogP contribution in [0.1, 0.15) is 46.0 Å². The smallest absolute Gasteiger partial charge is 0.254 e. The van der Waals surface area contributed by atoms with Gasteiger partial charge in [-0.15, -0.1) is 11.3 Å². The number of methoxy groups -OCH3 is 1. The minimum atomic E-state index is -0.00228. The fraction of sp³-hybridized carbons (Fsp3) is 0.360. The third kappa shape index (κ3) is 6.07. The number of rotatable bonds is 9. The summed E-state index contributed by atoms with van der Waals surface area (Å²) in [7, 11) is 1.62. The van der Waals surface area contributed by atoms with E-state index in [0.717, 1.165) is 27.8 Å². The van der Waals surface area contributed by atoms with Crippen LogP contribution in [0.2, 0.25) is 0 Å². The zero-order valence-corrected chi connectivity index (χ0v) is 19.7. The van der Waals surface area contributed by atoms with Gasteiger partial charge in [-0.25, -0.2) is 4.98 Å². The van der Waals surface area contributed by atoms with Gasteiger partial charge in [0.05, 0.1) is 19.3 Å². The molecule has 164 valence electrons. The van der Waals surface area contributed by atoms with Gasteiger partial charge in [0.1, 0.15) is 23.1 Å². The SMILES string of the molecule is COc1ccc(C(=O)N(Cc2csc(COc3cccc(C)c3C)n2)CC(C)C)cc1. The molecule has 1 amide bonds. The van der Waals surface area contributed by atoms with E-state index in [2.05, 4.69) is 33.8 Å². The first-order valence-corrected chi connectivity index (χ1v) is 11.3. The number of thiazole rings is 1. The number of hydrogen-bond donors (Lipinski definition) is 0. The normalized spacial score (nSPS) is 10.9. The molecule has 0 fully saturated rings. The number of amides is 1. The Kier molecular flexibility index (Phi) is 7.69. The Morgan fingerprint density at radius 3 is 2.55 bits per heavy atom. The number of benzene rings is 2. The van der Waals surface area contributed by atoms with Crippen LogP contribution in [-0.4, -0.2) is 29.4 Å².